The van der Waals surface area contributed by atoms with E-state index in [2.05, 4.69) is 4.98 Å². The quantitative estimate of drug-likeness (QED) is 0.633. The van der Waals surface area contributed by atoms with Gasteiger partial charge in [0.2, 0.25) is 0 Å². The van der Waals surface area contributed by atoms with Crippen LogP contribution in [0.25, 0.3) is 0 Å². The van der Waals surface area contributed by atoms with E-state index in [1.807, 2.05) is 6.07 Å². The summed E-state index contributed by atoms with van der Waals surface area (Å²) in [5.41, 5.74) is 0.583. The van der Waals surface area contributed by atoms with Crippen molar-refractivity contribution in [1.82, 2.24) is 4.98 Å². The topological polar surface area (TPSA) is 56.6 Å². The van der Waals surface area contributed by atoms with E-state index in [9.17, 15) is 4.79 Å². The van der Waals surface area contributed by atoms with Crippen molar-refractivity contribution in [3.8, 4) is 6.07 Å². The van der Waals surface area contributed by atoms with Gasteiger partial charge in [-0.25, -0.2) is 0 Å². The van der Waals surface area contributed by atoms with E-state index in [0.717, 1.165) is 0 Å². The van der Waals surface area contributed by atoms with Gasteiger partial charge in [-0.05, 0) is 13.0 Å². The van der Waals surface area contributed by atoms with Crippen LogP contribution < -0.4 is 5.56 Å². The molecule has 0 radical (unpaired) electrons. The molecular formula is C7H5ClN2O. The number of aryl methyl sites for hydroxylation is 1. The zero-order chi connectivity index (χ0) is 8.43. The fourth-order valence-electron chi connectivity index (χ4n) is 0.714. The number of pyridine rings is 1. The molecule has 0 aliphatic heterocycles. The number of H-pyrrole nitrogens is 1. The molecule has 0 unspecified atom stereocenters. The molecule has 0 fully saturated rings. The molecule has 0 atom stereocenters. The van der Waals surface area contributed by atoms with E-state index < -0.39 is 0 Å². The highest BCUT2D eigenvalue weighted by Crippen LogP contribution is 2.06. The summed E-state index contributed by atoms with van der Waals surface area (Å²) in [5.74, 6) is 0. The SMILES string of the molecule is Cc1[nH]c(=O)c(Cl)cc1C#N. The second kappa shape index (κ2) is 2.77. The first-order chi connectivity index (χ1) is 5.15. The van der Waals surface area contributed by atoms with E-state index >= 15 is 0 Å². The minimum absolute atomic E-state index is 0.0483. The molecule has 0 saturated heterocycles. The van der Waals surface area contributed by atoms with Gasteiger partial charge in [0, 0.05) is 5.69 Å². The minimum atomic E-state index is -0.358. The van der Waals surface area contributed by atoms with Gasteiger partial charge < -0.3 is 4.98 Å². The minimum Gasteiger partial charge on any atom is -0.324 e. The highest BCUT2D eigenvalue weighted by Gasteiger charge is 2.01. The Morgan fingerprint density at radius 1 is 1.73 bits per heavy atom. The normalized spacial score (nSPS) is 9.18. The van der Waals surface area contributed by atoms with Gasteiger partial charge in [0.25, 0.3) is 5.56 Å². The highest BCUT2D eigenvalue weighted by atomic mass is 35.5. The molecule has 4 heteroatoms. The predicted octanol–water partition coefficient (Wildman–Crippen LogP) is 1.21. The molecule has 1 N–H and O–H groups in total. The van der Waals surface area contributed by atoms with Crippen molar-refractivity contribution in [2.75, 3.05) is 0 Å². The third kappa shape index (κ3) is 1.41. The maximum atomic E-state index is 10.8. The van der Waals surface area contributed by atoms with E-state index in [-0.39, 0.29) is 10.6 Å². The lowest BCUT2D eigenvalue weighted by atomic mass is 10.2. The Kier molecular flexibility index (Phi) is 1.97. The number of nitrogens with one attached hydrogen (secondary N) is 1. The molecule has 0 aliphatic carbocycles. The maximum Gasteiger partial charge on any atom is 0.266 e. The van der Waals surface area contributed by atoms with Gasteiger partial charge >= 0.3 is 0 Å². The summed E-state index contributed by atoms with van der Waals surface area (Å²) in [6.45, 7) is 1.65. The molecule has 11 heavy (non-hydrogen) atoms. The molecule has 1 aromatic rings. The maximum absolute atomic E-state index is 10.8. The molecule has 1 aromatic heterocycles. The van der Waals surface area contributed by atoms with Crippen LogP contribution in [0.1, 0.15) is 11.3 Å². The first kappa shape index (κ1) is 7.83. The van der Waals surface area contributed by atoms with Gasteiger partial charge in [0.1, 0.15) is 11.1 Å². The van der Waals surface area contributed by atoms with Crippen molar-refractivity contribution in [3.05, 3.63) is 32.7 Å². The first-order valence-electron chi connectivity index (χ1n) is 2.94. The van der Waals surface area contributed by atoms with Crippen molar-refractivity contribution in [3.63, 3.8) is 0 Å². The van der Waals surface area contributed by atoms with E-state index in [1.54, 1.807) is 6.92 Å². The van der Waals surface area contributed by atoms with Gasteiger partial charge in [0.05, 0.1) is 5.56 Å². The lowest BCUT2D eigenvalue weighted by Gasteiger charge is -1.95. The Labute approximate surface area is 68.2 Å². The van der Waals surface area contributed by atoms with Crippen LogP contribution in [-0.4, -0.2) is 4.98 Å². The number of rotatable bonds is 0. The van der Waals surface area contributed by atoms with E-state index in [0.29, 0.717) is 11.3 Å². The van der Waals surface area contributed by atoms with Crippen molar-refractivity contribution >= 4 is 11.6 Å². The summed E-state index contributed by atoms with van der Waals surface area (Å²) in [6.07, 6.45) is 0. The van der Waals surface area contributed by atoms with Gasteiger partial charge in [-0.15, -0.1) is 0 Å². The van der Waals surface area contributed by atoms with Crippen LogP contribution in [0, 0.1) is 18.3 Å². The Hall–Kier alpha value is -1.27. The largest absolute Gasteiger partial charge is 0.324 e. The van der Waals surface area contributed by atoms with Crippen LogP contribution in [0.3, 0.4) is 0 Å². The third-order valence-corrected chi connectivity index (χ3v) is 1.59. The summed E-state index contributed by atoms with van der Waals surface area (Å²) in [5, 5.41) is 8.55. The molecule has 0 bridgehead atoms. The smallest absolute Gasteiger partial charge is 0.266 e. The lowest BCUT2D eigenvalue weighted by Crippen LogP contribution is -2.08. The summed E-state index contributed by atoms with van der Waals surface area (Å²) < 4.78 is 0. The number of aromatic nitrogens is 1. The second-order valence-electron chi connectivity index (χ2n) is 2.10. The molecule has 1 heterocycles. The molecule has 3 nitrogen and oxygen atoms in total. The monoisotopic (exact) mass is 168 g/mol. The average Bonchev–Trinajstić information content (AvgIpc) is 1.97. The van der Waals surface area contributed by atoms with Gasteiger partial charge in [0.15, 0.2) is 0 Å². The first-order valence-corrected chi connectivity index (χ1v) is 3.32. The average molecular weight is 169 g/mol. The zero-order valence-electron chi connectivity index (χ0n) is 5.81. The molecular weight excluding hydrogens is 164 g/mol. The van der Waals surface area contributed by atoms with Crippen LogP contribution in [0.2, 0.25) is 5.02 Å². The standard InChI is InChI=1S/C7H5ClN2O/c1-4-5(3-9)2-6(8)7(11)10-4/h2H,1H3,(H,10,11). The number of hydrogen-bond acceptors (Lipinski definition) is 2. The van der Waals surface area contributed by atoms with Gasteiger partial charge in [-0.2, -0.15) is 5.26 Å². The predicted molar refractivity (Wildman–Crippen MR) is 41.5 cm³/mol. The molecule has 0 saturated carbocycles. The zero-order valence-corrected chi connectivity index (χ0v) is 6.57. The van der Waals surface area contributed by atoms with Crippen LogP contribution in [0.15, 0.2) is 10.9 Å². The number of nitriles is 1. The molecule has 1 rings (SSSR count). The molecule has 56 valence electrons. The summed E-state index contributed by atoms with van der Waals surface area (Å²) in [6, 6.07) is 3.27. The van der Waals surface area contributed by atoms with Crippen molar-refractivity contribution in [1.29, 1.82) is 5.26 Å². The van der Waals surface area contributed by atoms with Gasteiger partial charge in [-0.1, -0.05) is 11.6 Å². The van der Waals surface area contributed by atoms with Crippen LogP contribution in [-0.2, 0) is 0 Å². The van der Waals surface area contributed by atoms with E-state index in [1.165, 1.54) is 6.07 Å². The number of halogens is 1. The van der Waals surface area contributed by atoms with Crippen LogP contribution in [0.4, 0.5) is 0 Å². The fourth-order valence-corrected chi connectivity index (χ4v) is 0.870. The number of aromatic amines is 1. The van der Waals surface area contributed by atoms with Crippen molar-refractivity contribution < 1.29 is 0 Å². The van der Waals surface area contributed by atoms with Gasteiger partial charge in [-0.3, -0.25) is 4.79 Å². The Bertz CT molecular complexity index is 375. The number of nitrogens with zero attached hydrogens (tertiary/aromatic N) is 1. The Balaban J connectivity index is 3.47. The van der Waals surface area contributed by atoms with E-state index in [4.69, 9.17) is 16.9 Å². The Morgan fingerprint density at radius 2 is 2.36 bits per heavy atom. The second-order valence-corrected chi connectivity index (χ2v) is 2.50. The molecule has 0 aromatic carbocycles. The summed E-state index contributed by atoms with van der Waals surface area (Å²) in [4.78, 5) is 13.3. The molecule has 0 amide bonds. The summed E-state index contributed by atoms with van der Waals surface area (Å²) >= 11 is 5.47. The third-order valence-electron chi connectivity index (χ3n) is 1.31. The Morgan fingerprint density at radius 3 is 2.91 bits per heavy atom. The van der Waals surface area contributed by atoms with Crippen LogP contribution in [0.5, 0.6) is 0 Å². The number of hydrogen-bond donors (Lipinski definition) is 1. The van der Waals surface area contributed by atoms with Crippen molar-refractivity contribution in [2.24, 2.45) is 0 Å². The van der Waals surface area contributed by atoms with Crippen molar-refractivity contribution in [2.45, 2.75) is 6.92 Å². The summed E-state index contributed by atoms with van der Waals surface area (Å²) in [7, 11) is 0. The molecule has 0 spiro atoms. The lowest BCUT2D eigenvalue weighted by molar-refractivity contribution is 1.13. The molecule has 0 aliphatic rings. The van der Waals surface area contributed by atoms with Crippen LogP contribution >= 0.6 is 11.6 Å². The fraction of sp³-hybridized carbons (Fsp3) is 0.143. The highest BCUT2D eigenvalue weighted by molar-refractivity contribution is 6.30.